The third-order valence-electron chi connectivity index (χ3n) is 5.26. The van der Waals surface area contributed by atoms with E-state index in [1.54, 1.807) is 13.0 Å². The number of nitrogens with zero attached hydrogens (tertiary/aromatic N) is 2. The molecule has 6 heteroatoms. The molecule has 2 atom stereocenters. The number of sulfone groups is 1. The van der Waals surface area contributed by atoms with Crippen LogP contribution in [0.1, 0.15) is 25.0 Å². The van der Waals surface area contributed by atoms with Gasteiger partial charge in [0.1, 0.15) is 5.82 Å². The van der Waals surface area contributed by atoms with Crippen LogP contribution in [0.15, 0.2) is 18.2 Å². The number of halogens is 1. The second-order valence-corrected chi connectivity index (χ2v) is 9.75. The quantitative estimate of drug-likeness (QED) is 0.830. The monoisotopic (exact) mass is 354 g/mol. The topological polar surface area (TPSA) is 40.6 Å². The standard InChI is InChI=1S/C18H27FN2O2S/c1-13(2)9-20-7-8-21(18-12-24(22,23)11-17(18)20)10-15-5-4-6-16(19)14(15)3/h4-6,13,17-18H,7-12H2,1-3H3/t17-,18+/m1/s1. The first-order chi connectivity index (χ1) is 11.3. The predicted molar refractivity (Wildman–Crippen MR) is 94.2 cm³/mol. The van der Waals surface area contributed by atoms with Crippen molar-refractivity contribution >= 4 is 9.84 Å². The van der Waals surface area contributed by atoms with E-state index in [2.05, 4.69) is 23.6 Å². The minimum absolute atomic E-state index is 0.0187. The lowest BCUT2D eigenvalue weighted by molar-refractivity contribution is 0.0336. The van der Waals surface area contributed by atoms with Gasteiger partial charge in [0, 0.05) is 38.3 Å². The highest BCUT2D eigenvalue weighted by Crippen LogP contribution is 2.29. The summed E-state index contributed by atoms with van der Waals surface area (Å²) in [6, 6.07) is 5.24. The Kier molecular flexibility index (Phi) is 5.00. The molecule has 4 nitrogen and oxygen atoms in total. The molecule has 1 aromatic carbocycles. The molecule has 0 bridgehead atoms. The summed E-state index contributed by atoms with van der Waals surface area (Å²) in [6.45, 7) is 9.40. The first kappa shape index (κ1) is 17.8. The van der Waals surface area contributed by atoms with Crippen LogP contribution >= 0.6 is 0 Å². The van der Waals surface area contributed by atoms with Crippen LogP contribution in [0.4, 0.5) is 4.39 Å². The molecule has 2 aliphatic rings. The molecule has 0 spiro atoms. The zero-order chi connectivity index (χ0) is 17.5. The van der Waals surface area contributed by atoms with E-state index >= 15 is 0 Å². The minimum Gasteiger partial charge on any atom is -0.296 e. The van der Waals surface area contributed by atoms with Crippen molar-refractivity contribution in [2.75, 3.05) is 31.1 Å². The summed E-state index contributed by atoms with van der Waals surface area (Å²) in [4.78, 5) is 4.59. The highest BCUT2D eigenvalue weighted by atomic mass is 32.2. The first-order valence-electron chi connectivity index (χ1n) is 8.69. The summed E-state index contributed by atoms with van der Waals surface area (Å²) >= 11 is 0. The summed E-state index contributed by atoms with van der Waals surface area (Å²) in [7, 11) is -3.00. The molecule has 24 heavy (non-hydrogen) atoms. The van der Waals surface area contributed by atoms with Crippen molar-refractivity contribution < 1.29 is 12.8 Å². The number of piperazine rings is 1. The van der Waals surface area contributed by atoms with Crippen LogP contribution < -0.4 is 0 Å². The molecule has 0 unspecified atom stereocenters. The van der Waals surface area contributed by atoms with Gasteiger partial charge < -0.3 is 0 Å². The van der Waals surface area contributed by atoms with Crippen molar-refractivity contribution in [3.8, 4) is 0 Å². The Hall–Kier alpha value is -0.980. The van der Waals surface area contributed by atoms with E-state index in [1.165, 1.54) is 6.07 Å². The molecule has 0 radical (unpaired) electrons. The highest BCUT2D eigenvalue weighted by molar-refractivity contribution is 7.91. The Morgan fingerprint density at radius 3 is 2.46 bits per heavy atom. The Bertz CT molecular complexity index is 705. The average molecular weight is 354 g/mol. The zero-order valence-electron chi connectivity index (χ0n) is 14.7. The van der Waals surface area contributed by atoms with Crippen LogP contribution in [0.2, 0.25) is 0 Å². The molecule has 0 aliphatic carbocycles. The SMILES string of the molecule is Cc1c(F)cccc1CN1CCN(CC(C)C)[C@@H]2CS(=O)(=O)C[C@@H]21. The van der Waals surface area contributed by atoms with Gasteiger partial charge in [-0.3, -0.25) is 9.80 Å². The first-order valence-corrected chi connectivity index (χ1v) is 10.5. The number of benzene rings is 1. The molecule has 0 N–H and O–H groups in total. The Morgan fingerprint density at radius 2 is 1.79 bits per heavy atom. The van der Waals surface area contributed by atoms with Crippen LogP contribution in [0.25, 0.3) is 0 Å². The maximum Gasteiger partial charge on any atom is 0.153 e. The van der Waals surface area contributed by atoms with Crippen molar-refractivity contribution in [3.05, 3.63) is 35.1 Å². The summed E-state index contributed by atoms with van der Waals surface area (Å²) in [5.74, 6) is 0.802. The van der Waals surface area contributed by atoms with Gasteiger partial charge in [-0.2, -0.15) is 0 Å². The number of fused-ring (bicyclic) bond motifs is 1. The number of hydrogen-bond acceptors (Lipinski definition) is 4. The van der Waals surface area contributed by atoms with E-state index in [0.29, 0.717) is 18.0 Å². The highest BCUT2D eigenvalue weighted by Gasteiger charge is 2.46. The van der Waals surface area contributed by atoms with Crippen molar-refractivity contribution in [2.24, 2.45) is 5.92 Å². The van der Waals surface area contributed by atoms with Gasteiger partial charge >= 0.3 is 0 Å². The maximum absolute atomic E-state index is 13.8. The van der Waals surface area contributed by atoms with Crippen LogP contribution in [-0.2, 0) is 16.4 Å². The van der Waals surface area contributed by atoms with Gasteiger partial charge in [0.05, 0.1) is 11.5 Å². The lowest BCUT2D eigenvalue weighted by Crippen LogP contribution is -2.59. The second-order valence-electron chi connectivity index (χ2n) is 7.59. The molecule has 2 saturated heterocycles. The van der Waals surface area contributed by atoms with Crippen LogP contribution in [0.3, 0.4) is 0 Å². The van der Waals surface area contributed by atoms with Crippen LogP contribution in [-0.4, -0.2) is 61.4 Å². The second kappa shape index (κ2) is 6.73. The molecule has 2 aliphatic heterocycles. The van der Waals surface area contributed by atoms with Gasteiger partial charge in [0.2, 0.25) is 0 Å². The smallest absolute Gasteiger partial charge is 0.153 e. The van der Waals surface area contributed by atoms with Crippen molar-refractivity contribution in [3.63, 3.8) is 0 Å². The molecule has 0 saturated carbocycles. The van der Waals surface area contributed by atoms with Crippen LogP contribution in [0.5, 0.6) is 0 Å². The van der Waals surface area contributed by atoms with Crippen molar-refractivity contribution in [1.82, 2.24) is 9.80 Å². The van der Waals surface area contributed by atoms with E-state index in [1.807, 2.05) is 6.07 Å². The fourth-order valence-corrected chi connectivity index (χ4v) is 6.07. The number of rotatable bonds is 4. The summed E-state index contributed by atoms with van der Waals surface area (Å²) in [5.41, 5.74) is 1.62. The Morgan fingerprint density at radius 1 is 1.17 bits per heavy atom. The van der Waals surface area contributed by atoms with Crippen molar-refractivity contribution in [1.29, 1.82) is 0 Å². The average Bonchev–Trinajstić information content (AvgIpc) is 2.82. The molecule has 0 aromatic heterocycles. The molecule has 0 amide bonds. The van der Waals surface area contributed by atoms with Gasteiger partial charge in [0.15, 0.2) is 9.84 Å². The lowest BCUT2D eigenvalue weighted by atomic mass is 10.0. The molecule has 2 heterocycles. The minimum atomic E-state index is -3.00. The number of hydrogen-bond donors (Lipinski definition) is 0. The van der Waals surface area contributed by atoms with E-state index in [-0.39, 0.29) is 29.4 Å². The molecule has 2 fully saturated rings. The lowest BCUT2D eigenvalue weighted by Gasteiger charge is -2.44. The van der Waals surface area contributed by atoms with E-state index in [0.717, 1.165) is 25.2 Å². The van der Waals surface area contributed by atoms with E-state index in [9.17, 15) is 12.8 Å². The maximum atomic E-state index is 13.8. The third-order valence-corrected chi connectivity index (χ3v) is 6.96. The fourth-order valence-electron chi connectivity index (χ4n) is 4.03. The molecule has 134 valence electrons. The predicted octanol–water partition coefficient (Wildman–Crippen LogP) is 2.07. The summed E-state index contributed by atoms with van der Waals surface area (Å²) in [5, 5.41) is 0. The van der Waals surface area contributed by atoms with Gasteiger partial charge in [0.25, 0.3) is 0 Å². The van der Waals surface area contributed by atoms with E-state index in [4.69, 9.17) is 0 Å². The summed E-state index contributed by atoms with van der Waals surface area (Å²) < 4.78 is 38.3. The van der Waals surface area contributed by atoms with E-state index < -0.39 is 9.84 Å². The molecule has 3 rings (SSSR count). The van der Waals surface area contributed by atoms with Gasteiger partial charge in [-0.25, -0.2) is 12.8 Å². The van der Waals surface area contributed by atoms with Gasteiger partial charge in [-0.05, 0) is 30.0 Å². The molecule has 1 aromatic rings. The molecular formula is C18H27FN2O2S. The van der Waals surface area contributed by atoms with Gasteiger partial charge in [-0.1, -0.05) is 26.0 Å². The fraction of sp³-hybridized carbons (Fsp3) is 0.667. The summed E-state index contributed by atoms with van der Waals surface area (Å²) in [6.07, 6.45) is 0. The van der Waals surface area contributed by atoms with Crippen molar-refractivity contribution in [2.45, 2.75) is 39.4 Å². The molecular weight excluding hydrogens is 327 g/mol. The van der Waals surface area contributed by atoms with Crippen LogP contribution in [0, 0.1) is 18.7 Å². The zero-order valence-corrected chi connectivity index (χ0v) is 15.5. The largest absolute Gasteiger partial charge is 0.296 e. The Balaban J connectivity index is 1.82. The van der Waals surface area contributed by atoms with Gasteiger partial charge in [-0.15, -0.1) is 0 Å². The Labute approximate surface area is 144 Å². The normalized spacial score (nSPS) is 27.5. The third kappa shape index (κ3) is 3.65.